The number of carbonyl (C=O) groups is 2. The van der Waals surface area contributed by atoms with Crippen molar-refractivity contribution in [2.24, 2.45) is 11.5 Å². The van der Waals surface area contributed by atoms with Crippen LogP contribution in [0.1, 0.15) is 20.7 Å². The largest absolute Gasteiger partial charge is 0.376 e. The van der Waals surface area contributed by atoms with Crippen molar-refractivity contribution in [3.63, 3.8) is 0 Å². The number of amides is 2. The van der Waals surface area contributed by atoms with Gasteiger partial charge in [-0.1, -0.05) is 11.1 Å². The molecule has 0 heterocycles. The predicted molar refractivity (Wildman–Crippen MR) is 51.6 cm³/mol. The van der Waals surface area contributed by atoms with Crippen molar-refractivity contribution >= 4 is 11.8 Å². The fraction of sp³-hybridized carbons (Fsp3) is 0.111. The number of primary amides is 2. The van der Waals surface area contributed by atoms with Crippen LogP contribution in [0.15, 0.2) is 18.2 Å². The molecular weight excluding hydrogens is 314 g/mol. The Morgan fingerprint density at radius 2 is 1.35 bits per heavy atom. The summed E-state index contributed by atoms with van der Waals surface area (Å²) in [5, 5.41) is 0. The van der Waals surface area contributed by atoms with E-state index >= 15 is 0 Å². The molecule has 1 radical (unpaired) electrons. The number of halogens is 3. The molecule has 4 N–H and O–H groups in total. The molecule has 0 aliphatic rings. The molecule has 8 heteroatoms. The standard InChI is InChI=1S/C8H7N2O2.CH3F.F2.Y/c9-7(11)5-2-1-3-6(4-5)8(10)12;2*1-2;/h2-4H,(H2,9,11)(H2,10,12);1H3;;/q-1;;;. The maximum Gasteiger partial charge on any atom is 0.192 e. The molecule has 0 saturated heterocycles. The molecular formula is C9H10F3N2O2Y-. The van der Waals surface area contributed by atoms with Crippen LogP contribution in [0.5, 0.6) is 0 Å². The molecule has 93 valence electrons. The Morgan fingerprint density at radius 3 is 1.59 bits per heavy atom. The van der Waals surface area contributed by atoms with Gasteiger partial charge in [-0.2, -0.15) is 18.2 Å². The summed E-state index contributed by atoms with van der Waals surface area (Å²) < 4.78 is 25.5. The number of hydrogen-bond acceptors (Lipinski definition) is 2. The second-order valence-electron chi connectivity index (χ2n) is 2.24. The normalized spacial score (nSPS) is 7.29. The van der Waals surface area contributed by atoms with E-state index in [-0.39, 0.29) is 43.8 Å². The number of hydrogen-bond donors (Lipinski definition) is 2. The van der Waals surface area contributed by atoms with Crippen LogP contribution in [0.4, 0.5) is 13.5 Å². The van der Waals surface area contributed by atoms with Crippen LogP contribution in [-0.2, 0) is 32.7 Å². The summed E-state index contributed by atoms with van der Waals surface area (Å²) in [5.41, 5.74) is 10.4. The molecule has 1 rings (SSSR count). The Hall–Kier alpha value is -0.946. The number of alkyl halides is 1. The van der Waals surface area contributed by atoms with Crippen LogP contribution >= 0.6 is 0 Å². The van der Waals surface area contributed by atoms with Crippen molar-refractivity contribution in [1.82, 2.24) is 0 Å². The van der Waals surface area contributed by atoms with Gasteiger partial charge in [0.25, 0.3) is 0 Å². The minimum Gasteiger partial charge on any atom is -0.376 e. The van der Waals surface area contributed by atoms with Crippen LogP contribution in [0.25, 0.3) is 0 Å². The van der Waals surface area contributed by atoms with Crippen molar-refractivity contribution in [1.29, 1.82) is 0 Å². The predicted octanol–water partition coefficient (Wildman–Crippen LogP) is 1.11. The average molecular weight is 324 g/mol. The summed E-state index contributed by atoms with van der Waals surface area (Å²) in [5.74, 6) is -1.20. The first-order valence-electron chi connectivity index (χ1n) is 3.74. The minimum absolute atomic E-state index is 0. The molecule has 0 aliphatic heterocycles. The Kier molecular flexibility index (Phi) is 16.5. The minimum atomic E-state index is -0.602. The van der Waals surface area contributed by atoms with Crippen LogP contribution < -0.4 is 11.5 Å². The van der Waals surface area contributed by atoms with Crippen molar-refractivity contribution in [2.45, 2.75) is 0 Å². The van der Waals surface area contributed by atoms with E-state index in [0.717, 1.165) is 0 Å². The smallest absolute Gasteiger partial charge is 0.192 e. The van der Waals surface area contributed by atoms with E-state index in [9.17, 15) is 14.0 Å². The molecule has 0 aromatic heterocycles. The summed E-state index contributed by atoms with van der Waals surface area (Å²) >= 11 is 0. The SMILES string of the molecule is CF.FF.NC(=O)c1c[c-]cc(C(N)=O)c1.[Y]. The van der Waals surface area contributed by atoms with Crippen molar-refractivity contribution in [2.75, 3.05) is 7.18 Å². The zero-order valence-electron chi connectivity index (χ0n) is 8.91. The van der Waals surface area contributed by atoms with Crippen LogP contribution in [0.2, 0.25) is 0 Å². The molecule has 17 heavy (non-hydrogen) atoms. The molecule has 0 bridgehead atoms. The fourth-order valence-electron chi connectivity index (χ4n) is 0.757. The Balaban J connectivity index is -0.000000355. The van der Waals surface area contributed by atoms with Gasteiger partial charge in [0.05, 0.1) is 7.18 Å². The zero-order valence-corrected chi connectivity index (χ0v) is 11.8. The topological polar surface area (TPSA) is 86.2 Å². The van der Waals surface area contributed by atoms with Gasteiger partial charge in [-0.15, -0.1) is 6.07 Å². The molecule has 1 aromatic rings. The number of nitrogens with two attached hydrogens (primary N) is 2. The van der Waals surface area contributed by atoms with Crippen molar-refractivity contribution in [3.05, 3.63) is 35.4 Å². The van der Waals surface area contributed by atoms with E-state index in [0.29, 0.717) is 7.18 Å². The van der Waals surface area contributed by atoms with Crippen LogP contribution in [0, 0.1) is 6.07 Å². The summed E-state index contributed by atoms with van der Waals surface area (Å²) in [7, 11) is 0.500. The van der Waals surface area contributed by atoms with Gasteiger partial charge in [0.2, 0.25) is 0 Å². The molecule has 4 nitrogen and oxygen atoms in total. The molecule has 2 amide bonds. The van der Waals surface area contributed by atoms with E-state index in [1.165, 1.54) is 18.2 Å². The Morgan fingerprint density at radius 1 is 1.06 bits per heavy atom. The second-order valence-corrected chi connectivity index (χ2v) is 2.24. The quantitative estimate of drug-likeness (QED) is 0.799. The third kappa shape index (κ3) is 8.82. The maximum absolute atomic E-state index is 10.6. The van der Waals surface area contributed by atoms with Gasteiger partial charge in [-0.05, 0) is 0 Å². The number of benzene rings is 1. The first kappa shape index (κ1) is 21.4. The monoisotopic (exact) mass is 324 g/mol. The number of rotatable bonds is 2. The molecule has 0 fully saturated rings. The second kappa shape index (κ2) is 13.1. The third-order valence-electron chi connectivity index (χ3n) is 1.36. The van der Waals surface area contributed by atoms with E-state index < -0.39 is 11.8 Å². The van der Waals surface area contributed by atoms with Crippen molar-refractivity contribution < 1.29 is 55.8 Å². The zero-order chi connectivity index (χ0) is 13.1. The van der Waals surface area contributed by atoms with Gasteiger partial charge in [-0.25, -0.2) is 0 Å². The Labute approximate surface area is 121 Å². The average Bonchev–Trinajstić information content (AvgIpc) is 2.34. The van der Waals surface area contributed by atoms with Crippen LogP contribution in [-0.4, -0.2) is 19.0 Å². The van der Waals surface area contributed by atoms with Crippen LogP contribution in [0.3, 0.4) is 0 Å². The first-order chi connectivity index (χ1) is 7.61. The van der Waals surface area contributed by atoms with E-state index in [4.69, 9.17) is 20.6 Å². The first-order valence-corrected chi connectivity index (χ1v) is 3.74. The van der Waals surface area contributed by atoms with Gasteiger partial charge < -0.3 is 11.5 Å². The third-order valence-corrected chi connectivity index (χ3v) is 1.36. The summed E-state index contributed by atoms with van der Waals surface area (Å²) in [4.78, 5) is 21.3. The summed E-state index contributed by atoms with van der Waals surface area (Å²) in [6, 6.07) is 6.72. The summed E-state index contributed by atoms with van der Waals surface area (Å²) in [6.07, 6.45) is 0. The Bertz CT molecular complexity index is 322. The summed E-state index contributed by atoms with van der Waals surface area (Å²) in [6.45, 7) is 0. The fourth-order valence-corrected chi connectivity index (χ4v) is 0.757. The van der Waals surface area contributed by atoms with Gasteiger partial charge >= 0.3 is 0 Å². The molecule has 0 atom stereocenters. The van der Waals surface area contributed by atoms with Gasteiger partial charge in [0.1, 0.15) is 0 Å². The molecule has 0 saturated carbocycles. The molecule has 1 aromatic carbocycles. The van der Waals surface area contributed by atoms with Gasteiger partial charge in [0, 0.05) is 41.9 Å². The molecule has 0 aliphatic carbocycles. The van der Waals surface area contributed by atoms with Crippen molar-refractivity contribution in [3.8, 4) is 0 Å². The van der Waals surface area contributed by atoms with E-state index in [1.807, 2.05) is 0 Å². The molecule has 0 unspecified atom stereocenters. The van der Waals surface area contributed by atoms with Gasteiger partial charge in [0.15, 0.2) is 11.8 Å². The number of carbonyl (C=O) groups excluding carboxylic acids is 2. The van der Waals surface area contributed by atoms with Gasteiger partial charge in [-0.3, -0.25) is 14.0 Å². The molecule has 0 spiro atoms. The van der Waals surface area contributed by atoms with E-state index in [2.05, 4.69) is 6.07 Å². The van der Waals surface area contributed by atoms with E-state index in [1.54, 1.807) is 0 Å². The maximum atomic E-state index is 10.6.